The summed E-state index contributed by atoms with van der Waals surface area (Å²) in [5, 5.41) is 1.02. The molecule has 1 amide bonds. The van der Waals surface area contributed by atoms with Crippen molar-refractivity contribution in [3.05, 3.63) is 28.2 Å². The van der Waals surface area contributed by atoms with Crippen molar-refractivity contribution in [1.29, 1.82) is 0 Å². The Labute approximate surface area is 91.4 Å². The van der Waals surface area contributed by atoms with E-state index in [2.05, 4.69) is 0 Å². The largest absolute Gasteiger partial charge is 0.318 e. The maximum atomic E-state index is 11.3. The summed E-state index contributed by atoms with van der Waals surface area (Å²) in [6.07, 6.45) is 0. The molecule has 1 aromatic rings. The van der Waals surface area contributed by atoms with Crippen molar-refractivity contribution in [3.63, 3.8) is 0 Å². The predicted molar refractivity (Wildman–Crippen MR) is 56.8 cm³/mol. The Balaban J connectivity index is 2.30. The second kappa shape index (κ2) is 3.42. The molecule has 1 fully saturated rings. The number of amides is 1. The Kier molecular flexibility index (Phi) is 2.39. The summed E-state index contributed by atoms with van der Waals surface area (Å²) in [7, 11) is 0. The summed E-state index contributed by atoms with van der Waals surface area (Å²) in [6.45, 7) is 0.514. The third-order valence-corrected chi connectivity index (χ3v) is 2.70. The molecule has 5 heteroatoms. The van der Waals surface area contributed by atoms with E-state index in [0.717, 1.165) is 0 Å². The molecule has 74 valence electrons. The number of nitrogens with two attached hydrogens (primary N) is 1. The Morgan fingerprint density at radius 1 is 1.43 bits per heavy atom. The lowest BCUT2D eigenvalue weighted by molar-refractivity contribution is -0.123. The molecule has 1 unspecified atom stereocenters. The minimum absolute atomic E-state index is 0.103. The summed E-state index contributed by atoms with van der Waals surface area (Å²) in [4.78, 5) is 12.9. The van der Waals surface area contributed by atoms with Gasteiger partial charge in [0.2, 0.25) is 5.91 Å². The summed E-state index contributed by atoms with van der Waals surface area (Å²) >= 11 is 11.7. The van der Waals surface area contributed by atoms with Crippen LogP contribution in [0.5, 0.6) is 0 Å². The lowest BCUT2D eigenvalue weighted by Crippen LogP contribution is -2.61. The molecule has 1 aromatic carbocycles. The van der Waals surface area contributed by atoms with Crippen LogP contribution < -0.4 is 10.6 Å². The highest BCUT2D eigenvalue weighted by molar-refractivity contribution is 6.37. The lowest BCUT2D eigenvalue weighted by Gasteiger charge is -2.36. The van der Waals surface area contributed by atoms with Crippen LogP contribution in [-0.4, -0.2) is 18.5 Å². The Morgan fingerprint density at radius 3 is 2.64 bits per heavy atom. The summed E-state index contributed by atoms with van der Waals surface area (Å²) in [6, 6.07) is 4.63. The van der Waals surface area contributed by atoms with Crippen LogP contribution in [-0.2, 0) is 4.79 Å². The number of carbonyl (C=O) groups excluding carboxylic acids is 1. The van der Waals surface area contributed by atoms with Gasteiger partial charge in [-0.05, 0) is 18.2 Å². The van der Waals surface area contributed by atoms with Gasteiger partial charge in [-0.15, -0.1) is 0 Å². The second-order valence-electron chi connectivity index (χ2n) is 3.15. The van der Waals surface area contributed by atoms with Crippen molar-refractivity contribution >= 4 is 34.8 Å². The number of nitrogens with zero attached hydrogens (tertiary/aromatic N) is 1. The van der Waals surface area contributed by atoms with Gasteiger partial charge in [-0.3, -0.25) is 4.79 Å². The monoisotopic (exact) mass is 230 g/mol. The molecule has 0 bridgehead atoms. The van der Waals surface area contributed by atoms with E-state index in [-0.39, 0.29) is 11.9 Å². The van der Waals surface area contributed by atoms with E-state index >= 15 is 0 Å². The van der Waals surface area contributed by atoms with E-state index in [4.69, 9.17) is 28.9 Å². The fraction of sp³-hybridized carbons (Fsp3) is 0.222. The first-order valence-electron chi connectivity index (χ1n) is 4.11. The number of hydrogen-bond acceptors (Lipinski definition) is 2. The zero-order valence-electron chi connectivity index (χ0n) is 7.21. The molecule has 0 spiro atoms. The van der Waals surface area contributed by atoms with Crippen molar-refractivity contribution in [1.82, 2.24) is 0 Å². The summed E-state index contributed by atoms with van der Waals surface area (Å²) in [5.41, 5.74) is 6.14. The molecule has 1 aliphatic rings. The van der Waals surface area contributed by atoms with Crippen LogP contribution in [0, 0.1) is 0 Å². The van der Waals surface area contributed by atoms with Gasteiger partial charge in [0.05, 0.1) is 17.3 Å². The minimum atomic E-state index is -0.387. The second-order valence-corrected chi connectivity index (χ2v) is 3.99. The zero-order valence-corrected chi connectivity index (χ0v) is 8.72. The molecule has 14 heavy (non-hydrogen) atoms. The number of rotatable bonds is 1. The van der Waals surface area contributed by atoms with Gasteiger partial charge in [-0.1, -0.05) is 23.2 Å². The first-order valence-corrected chi connectivity index (χ1v) is 4.87. The Morgan fingerprint density at radius 2 is 2.14 bits per heavy atom. The molecule has 0 aliphatic carbocycles. The molecule has 0 saturated carbocycles. The van der Waals surface area contributed by atoms with Crippen LogP contribution in [0.3, 0.4) is 0 Å². The number of carbonyl (C=O) groups is 1. The molecule has 1 atom stereocenters. The van der Waals surface area contributed by atoms with Crippen LogP contribution in [0.15, 0.2) is 18.2 Å². The van der Waals surface area contributed by atoms with E-state index in [1.165, 1.54) is 0 Å². The van der Waals surface area contributed by atoms with Gasteiger partial charge in [0.15, 0.2) is 0 Å². The highest BCUT2D eigenvalue weighted by Crippen LogP contribution is 2.31. The Hall–Kier alpha value is -0.770. The minimum Gasteiger partial charge on any atom is -0.318 e. The van der Waals surface area contributed by atoms with Crippen LogP contribution >= 0.6 is 23.2 Å². The van der Waals surface area contributed by atoms with Gasteiger partial charge in [0.25, 0.3) is 0 Å². The topological polar surface area (TPSA) is 46.3 Å². The first kappa shape index (κ1) is 9.77. The molecular formula is C9H8Cl2N2O. The van der Waals surface area contributed by atoms with Crippen molar-refractivity contribution in [2.45, 2.75) is 6.04 Å². The summed E-state index contributed by atoms with van der Waals surface area (Å²) < 4.78 is 0. The van der Waals surface area contributed by atoms with E-state index in [0.29, 0.717) is 22.3 Å². The maximum absolute atomic E-state index is 11.3. The third-order valence-electron chi connectivity index (χ3n) is 2.16. The van der Waals surface area contributed by atoms with Gasteiger partial charge in [0, 0.05) is 5.02 Å². The number of halogens is 2. The predicted octanol–water partition coefficient (Wildman–Crippen LogP) is 1.67. The van der Waals surface area contributed by atoms with Crippen molar-refractivity contribution in [2.24, 2.45) is 5.73 Å². The van der Waals surface area contributed by atoms with Gasteiger partial charge in [0.1, 0.15) is 6.04 Å². The average Bonchev–Trinajstić information content (AvgIpc) is 2.15. The number of β-lactam (4-membered cyclic amide) rings is 1. The van der Waals surface area contributed by atoms with Gasteiger partial charge in [-0.25, -0.2) is 0 Å². The molecule has 1 heterocycles. The Bertz CT molecular complexity index is 394. The fourth-order valence-corrected chi connectivity index (χ4v) is 1.88. The highest BCUT2D eigenvalue weighted by atomic mass is 35.5. The van der Waals surface area contributed by atoms with Crippen molar-refractivity contribution in [3.8, 4) is 0 Å². The zero-order chi connectivity index (χ0) is 10.3. The van der Waals surface area contributed by atoms with Crippen molar-refractivity contribution < 1.29 is 4.79 Å². The number of anilines is 1. The van der Waals surface area contributed by atoms with E-state index < -0.39 is 0 Å². The van der Waals surface area contributed by atoms with E-state index in [1.54, 1.807) is 23.1 Å². The maximum Gasteiger partial charge on any atom is 0.245 e. The van der Waals surface area contributed by atoms with Gasteiger partial charge >= 0.3 is 0 Å². The molecule has 2 N–H and O–H groups in total. The SMILES string of the molecule is NC1CN(c2ccc(Cl)cc2Cl)C1=O. The lowest BCUT2D eigenvalue weighted by atomic mass is 10.1. The average molecular weight is 231 g/mol. The van der Waals surface area contributed by atoms with Gasteiger partial charge < -0.3 is 10.6 Å². The molecule has 0 radical (unpaired) electrons. The standard InChI is InChI=1S/C9H8Cl2N2O/c10-5-1-2-8(6(11)3-5)13-4-7(12)9(13)14/h1-3,7H,4,12H2. The third kappa shape index (κ3) is 1.47. The molecule has 2 rings (SSSR count). The molecule has 1 saturated heterocycles. The van der Waals surface area contributed by atoms with Crippen LogP contribution in [0.2, 0.25) is 10.0 Å². The number of benzene rings is 1. The quantitative estimate of drug-likeness (QED) is 0.747. The van der Waals surface area contributed by atoms with Crippen LogP contribution in [0.4, 0.5) is 5.69 Å². The molecule has 0 aromatic heterocycles. The van der Waals surface area contributed by atoms with Crippen LogP contribution in [0.1, 0.15) is 0 Å². The van der Waals surface area contributed by atoms with Gasteiger partial charge in [-0.2, -0.15) is 0 Å². The van der Waals surface area contributed by atoms with Crippen LogP contribution in [0.25, 0.3) is 0 Å². The molecule has 1 aliphatic heterocycles. The highest BCUT2D eigenvalue weighted by Gasteiger charge is 2.35. The summed E-state index contributed by atoms with van der Waals surface area (Å²) in [5.74, 6) is -0.103. The normalized spacial score (nSPS) is 20.9. The smallest absolute Gasteiger partial charge is 0.245 e. The van der Waals surface area contributed by atoms with E-state index in [1.807, 2.05) is 0 Å². The fourth-order valence-electron chi connectivity index (χ4n) is 1.37. The molecular weight excluding hydrogens is 223 g/mol. The first-order chi connectivity index (χ1) is 6.59. The van der Waals surface area contributed by atoms with E-state index in [9.17, 15) is 4.79 Å². The van der Waals surface area contributed by atoms with Crippen molar-refractivity contribution in [2.75, 3.05) is 11.4 Å². The number of hydrogen-bond donors (Lipinski definition) is 1. The molecule has 3 nitrogen and oxygen atoms in total.